The Balaban J connectivity index is 1.69. The molecule has 108 valence electrons. The van der Waals surface area contributed by atoms with Gasteiger partial charge < -0.3 is 10.6 Å². The fourth-order valence-electron chi connectivity index (χ4n) is 1.87. The van der Waals surface area contributed by atoms with Crippen molar-refractivity contribution in [3.8, 4) is 0 Å². The summed E-state index contributed by atoms with van der Waals surface area (Å²) in [7, 11) is 0. The maximum atomic E-state index is 11.6. The molecule has 0 radical (unpaired) electrons. The molecule has 4 nitrogen and oxygen atoms in total. The summed E-state index contributed by atoms with van der Waals surface area (Å²) in [6, 6.07) is 8.95. The molecule has 0 unspecified atom stereocenters. The maximum Gasteiger partial charge on any atom is 0.228 e. The molecule has 2 N–H and O–H groups in total. The molecular formula is C15H13Cl2N3O. The summed E-state index contributed by atoms with van der Waals surface area (Å²) in [6.07, 6.45) is 3.58. The number of aromatic nitrogens is 1. The van der Waals surface area contributed by atoms with Crippen LogP contribution in [0.25, 0.3) is 0 Å². The standard InChI is InChI=1S/C15H13Cl2N3O/c16-11-2-1-3-12(14(11)17)19-10-6-7-13(18-8-10)20-15(21)9-4-5-9/h1-3,6-9,19H,4-5H2,(H,18,20,21). The Labute approximate surface area is 132 Å². The lowest BCUT2D eigenvalue weighted by Gasteiger charge is -2.10. The number of amides is 1. The van der Waals surface area contributed by atoms with E-state index in [2.05, 4.69) is 15.6 Å². The van der Waals surface area contributed by atoms with Gasteiger partial charge in [-0.1, -0.05) is 29.3 Å². The van der Waals surface area contributed by atoms with Crippen LogP contribution >= 0.6 is 23.2 Å². The quantitative estimate of drug-likeness (QED) is 0.872. The number of hydrogen-bond acceptors (Lipinski definition) is 3. The van der Waals surface area contributed by atoms with Crippen LogP contribution in [-0.2, 0) is 4.79 Å². The Kier molecular flexibility index (Phi) is 3.99. The van der Waals surface area contributed by atoms with Crippen molar-refractivity contribution in [1.82, 2.24) is 4.98 Å². The normalized spacial score (nSPS) is 13.8. The molecule has 0 saturated heterocycles. The van der Waals surface area contributed by atoms with Crippen LogP contribution in [0.2, 0.25) is 10.0 Å². The first-order valence-electron chi connectivity index (χ1n) is 6.61. The smallest absolute Gasteiger partial charge is 0.228 e. The minimum atomic E-state index is 0.0427. The largest absolute Gasteiger partial charge is 0.353 e. The number of halogens is 2. The van der Waals surface area contributed by atoms with Crippen LogP contribution in [0.4, 0.5) is 17.2 Å². The van der Waals surface area contributed by atoms with Crippen molar-refractivity contribution >= 4 is 46.3 Å². The first kappa shape index (κ1) is 14.2. The molecule has 1 amide bonds. The first-order valence-corrected chi connectivity index (χ1v) is 7.37. The van der Waals surface area contributed by atoms with Crippen LogP contribution in [0.1, 0.15) is 12.8 Å². The van der Waals surface area contributed by atoms with Gasteiger partial charge in [-0.3, -0.25) is 4.79 Å². The number of pyridine rings is 1. The zero-order valence-corrected chi connectivity index (χ0v) is 12.6. The lowest BCUT2D eigenvalue weighted by molar-refractivity contribution is -0.117. The number of hydrogen-bond donors (Lipinski definition) is 2. The van der Waals surface area contributed by atoms with Crippen molar-refractivity contribution in [2.45, 2.75) is 12.8 Å². The molecule has 1 saturated carbocycles. The van der Waals surface area contributed by atoms with E-state index < -0.39 is 0 Å². The van der Waals surface area contributed by atoms with Gasteiger partial charge in [-0.15, -0.1) is 0 Å². The number of benzene rings is 1. The molecule has 1 heterocycles. The van der Waals surface area contributed by atoms with Gasteiger partial charge in [0.15, 0.2) is 0 Å². The minimum absolute atomic E-state index is 0.0427. The van der Waals surface area contributed by atoms with E-state index in [1.54, 1.807) is 18.3 Å². The van der Waals surface area contributed by atoms with Crippen molar-refractivity contribution < 1.29 is 4.79 Å². The van der Waals surface area contributed by atoms with Gasteiger partial charge in [-0.2, -0.15) is 0 Å². The predicted molar refractivity (Wildman–Crippen MR) is 85.3 cm³/mol. The second-order valence-corrected chi connectivity index (χ2v) is 5.71. The van der Waals surface area contributed by atoms with E-state index in [1.165, 1.54) is 0 Å². The average molecular weight is 322 g/mol. The zero-order chi connectivity index (χ0) is 14.8. The van der Waals surface area contributed by atoms with Crippen molar-refractivity contribution in [3.63, 3.8) is 0 Å². The van der Waals surface area contributed by atoms with Crippen LogP contribution in [0.5, 0.6) is 0 Å². The van der Waals surface area contributed by atoms with Crippen molar-refractivity contribution in [1.29, 1.82) is 0 Å². The van der Waals surface area contributed by atoms with Gasteiger partial charge >= 0.3 is 0 Å². The van der Waals surface area contributed by atoms with Gasteiger partial charge in [0.2, 0.25) is 5.91 Å². The predicted octanol–water partition coefficient (Wildman–Crippen LogP) is 4.48. The molecule has 21 heavy (non-hydrogen) atoms. The number of nitrogens with zero attached hydrogens (tertiary/aromatic N) is 1. The lowest BCUT2D eigenvalue weighted by Crippen LogP contribution is -2.14. The lowest BCUT2D eigenvalue weighted by atomic mass is 10.3. The Morgan fingerprint density at radius 1 is 1.19 bits per heavy atom. The van der Waals surface area contributed by atoms with Crippen molar-refractivity contribution in [2.75, 3.05) is 10.6 Å². The topological polar surface area (TPSA) is 54.0 Å². The highest BCUT2D eigenvalue weighted by Gasteiger charge is 2.29. The first-order chi connectivity index (χ1) is 10.1. The van der Waals surface area contributed by atoms with Crippen LogP contribution in [-0.4, -0.2) is 10.9 Å². The highest BCUT2D eigenvalue weighted by molar-refractivity contribution is 6.43. The number of carbonyl (C=O) groups is 1. The van der Waals surface area contributed by atoms with E-state index in [1.807, 2.05) is 18.2 Å². The summed E-state index contributed by atoms with van der Waals surface area (Å²) in [6.45, 7) is 0. The van der Waals surface area contributed by atoms with Crippen LogP contribution in [0.15, 0.2) is 36.5 Å². The third kappa shape index (κ3) is 3.46. The Hall–Kier alpha value is -1.78. The Bertz CT molecular complexity index is 669. The average Bonchev–Trinajstić information content (AvgIpc) is 3.30. The minimum Gasteiger partial charge on any atom is -0.353 e. The van der Waals surface area contributed by atoms with E-state index in [9.17, 15) is 4.79 Å². The summed E-state index contributed by atoms with van der Waals surface area (Å²) in [5.74, 6) is 0.755. The Morgan fingerprint density at radius 2 is 2.00 bits per heavy atom. The van der Waals surface area contributed by atoms with Gasteiger partial charge in [0, 0.05) is 5.92 Å². The van der Waals surface area contributed by atoms with E-state index >= 15 is 0 Å². The Morgan fingerprint density at radius 3 is 2.67 bits per heavy atom. The molecule has 1 fully saturated rings. The van der Waals surface area contributed by atoms with Crippen molar-refractivity contribution in [3.05, 3.63) is 46.6 Å². The molecule has 3 rings (SSSR count). The van der Waals surface area contributed by atoms with Gasteiger partial charge in [0.05, 0.1) is 27.6 Å². The molecule has 1 aliphatic carbocycles. The molecule has 6 heteroatoms. The van der Waals surface area contributed by atoms with Crippen LogP contribution in [0, 0.1) is 5.92 Å². The molecule has 0 bridgehead atoms. The number of nitrogens with one attached hydrogen (secondary N) is 2. The van der Waals surface area contributed by atoms with Gasteiger partial charge in [-0.25, -0.2) is 4.98 Å². The van der Waals surface area contributed by atoms with E-state index in [0.717, 1.165) is 18.5 Å². The molecule has 0 atom stereocenters. The summed E-state index contributed by atoms with van der Waals surface area (Å²) in [5, 5.41) is 6.88. The SMILES string of the molecule is O=C(Nc1ccc(Nc2cccc(Cl)c2Cl)cn1)C1CC1. The highest BCUT2D eigenvalue weighted by Crippen LogP contribution is 2.32. The molecule has 1 aromatic heterocycles. The molecule has 0 spiro atoms. The molecule has 1 aromatic carbocycles. The van der Waals surface area contributed by atoms with E-state index in [-0.39, 0.29) is 11.8 Å². The summed E-state index contributed by atoms with van der Waals surface area (Å²) >= 11 is 12.1. The van der Waals surface area contributed by atoms with Crippen LogP contribution < -0.4 is 10.6 Å². The van der Waals surface area contributed by atoms with Gasteiger partial charge in [0.1, 0.15) is 5.82 Å². The third-order valence-corrected chi connectivity index (χ3v) is 4.01. The molecular weight excluding hydrogens is 309 g/mol. The third-order valence-electron chi connectivity index (χ3n) is 3.19. The second kappa shape index (κ2) is 5.92. The summed E-state index contributed by atoms with van der Waals surface area (Å²) in [4.78, 5) is 15.8. The zero-order valence-electron chi connectivity index (χ0n) is 11.1. The monoisotopic (exact) mass is 321 g/mol. The highest BCUT2D eigenvalue weighted by atomic mass is 35.5. The number of rotatable bonds is 4. The summed E-state index contributed by atoms with van der Waals surface area (Å²) < 4.78 is 0. The van der Waals surface area contributed by atoms with Gasteiger partial charge in [0.25, 0.3) is 0 Å². The fourth-order valence-corrected chi connectivity index (χ4v) is 2.22. The number of carbonyl (C=O) groups excluding carboxylic acids is 1. The maximum absolute atomic E-state index is 11.6. The number of anilines is 3. The van der Waals surface area contributed by atoms with Crippen molar-refractivity contribution in [2.24, 2.45) is 5.92 Å². The van der Waals surface area contributed by atoms with E-state index in [4.69, 9.17) is 23.2 Å². The van der Waals surface area contributed by atoms with E-state index in [0.29, 0.717) is 21.6 Å². The van der Waals surface area contributed by atoms with Gasteiger partial charge in [-0.05, 0) is 37.1 Å². The molecule has 2 aromatic rings. The fraction of sp³-hybridized carbons (Fsp3) is 0.200. The van der Waals surface area contributed by atoms with Crippen LogP contribution in [0.3, 0.4) is 0 Å². The second-order valence-electron chi connectivity index (χ2n) is 4.92. The molecule has 0 aliphatic heterocycles. The molecule has 1 aliphatic rings. The summed E-state index contributed by atoms with van der Waals surface area (Å²) in [5.41, 5.74) is 1.48.